The molecule has 0 bridgehead atoms. The minimum atomic E-state index is -6.25. The lowest BCUT2D eigenvalue weighted by Gasteiger charge is -2.43. The second kappa shape index (κ2) is 6.53. The summed E-state index contributed by atoms with van der Waals surface area (Å²) in [6.45, 7) is 0. The Balaban J connectivity index is 6.21. The number of hydrogen-bond donors (Lipinski definition) is 0. The van der Waals surface area contributed by atoms with E-state index in [-0.39, 0.29) is 9.34 Å². The molecule has 0 aliphatic rings. The minimum absolute atomic E-state index is 0.0914. The molecular formula is C8H12F10N2P2. The Morgan fingerprint density at radius 1 is 0.500 bits per heavy atom. The second-order valence-electron chi connectivity index (χ2n) is 4.35. The van der Waals surface area contributed by atoms with Gasteiger partial charge in [0, 0.05) is 0 Å². The molecule has 0 aromatic rings. The zero-order chi connectivity index (χ0) is 18.3. The quantitative estimate of drug-likeness (QED) is 0.476. The van der Waals surface area contributed by atoms with Crippen LogP contribution in [0.2, 0.25) is 0 Å². The zero-order valence-electron chi connectivity index (χ0n) is 11.6. The van der Waals surface area contributed by atoms with Gasteiger partial charge in [0.1, 0.15) is 0 Å². The van der Waals surface area contributed by atoms with Gasteiger partial charge in [0.25, 0.3) is 0 Å². The van der Waals surface area contributed by atoms with Crippen molar-refractivity contribution in [1.82, 2.24) is 9.34 Å². The average molecular weight is 388 g/mol. The van der Waals surface area contributed by atoms with Crippen molar-refractivity contribution in [2.75, 3.05) is 28.2 Å². The lowest BCUT2D eigenvalue weighted by molar-refractivity contribution is -0.244. The van der Waals surface area contributed by atoms with Gasteiger partial charge in [-0.2, -0.15) is 43.9 Å². The van der Waals surface area contributed by atoms with Crippen LogP contribution in [0.5, 0.6) is 0 Å². The molecule has 0 aliphatic carbocycles. The minimum Gasteiger partial charge on any atom is -0.279 e. The van der Waals surface area contributed by atoms with E-state index in [1.54, 1.807) is 0 Å². The lowest BCUT2D eigenvalue weighted by atomic mass is 10.7. The van der Waals surface area contributed by atoms with E-state index in [9.17, 15) is 43.9 Å². The Bertz CT molecular complexity index is 342. The van der Waals surface area contributed by atoms with Crippen LogP contribution in [0.15, 0.2) is 0 Å². The highest BCUT2D eigenvalue weighted by molar-refractivity contribution is 8.28. The largest absolute Gasteiger partial charge is 0.459 e. The van der Waals surface area contributed by atoms with Crippen molar-refractivity contribution in [2.24, 2.45) is 0 Å². The molecule has 2 unspecified atom stereocenters. The lowest BCUT2D eigenvalue weighted by Crippen LogP contribution is -2.43. The first-order chi connectivity index (χ1) is 9.39. The van der Waals surface area contributed by atoms with E-state index < -0.39 is 39.2 Å². The van der Waals surface area contributed by atoms with Gasteiger partial charge in [-0.3, -0.25) is 9.34 Å². The Morgan fingerprint density at radius 2 is 0.682 bits per heavy atom. The van der Waals surface area contributed by atoms with Crippen LogP contribution in [-0.4, -0.2) is 61.2 Å². The van der Waals surface area contributed by atoms with E-state index in [2.05, 4.69) is 0 Å². The van der Waals surface area contributed by atoms with E-state index in [1.807, 2.05) is 0 Å². The molecule has 14 heteroatoms. The summed E-state index contributed by atoms with van der Waals surface area (Å²) in [5.41, 5.74) is -11.4. The van der Waals surface area contributed by atoms with Gasteiger partial charge >= 0.3 is 23.7 Å². The SMILES string of the molecule is CN(C)P(P(N(C)C)C(F)(F)C(F)(F)F)C(F)(F)C(F)(F)F. The molecule has 0 saturated heterocycles. The van der Waals surface area contributed by atoms with E-state index >= 15 is 0 Å². The maximum atomic E-state index is 13.5. The highest BCUT2D eigenvalue weighted by Crippen LogP contribution is 2.86. The van der Waals surface area contributed by atoms with Gasteiger partial charge in [-0.05, 0) is 28.2 Å². The van der Waals surface area contributed by atoms with Crippen LogP contribution in [0.25, 0.3) is 0 Å². The number of nitrogens with zero attached hydrogens (tertiary/aromatic N) is 2. The molecular weight excluding hydrogens is 376 g/mol. The third kappa shape index (κ3) is 4.13. The smallest absolute Gasteiger partial charge is 0.279 e. The number of hydrogen-bond acceptors (Lipinski definition) is 2. The molecule has 0 aliphatic heterocycles. The van der Waals surface area contributed by atoms with Crippen molar-refractivity contribution in [3.8, 4) is 0 Å². The molecule has 0 N–H and O–H groups in total. The van der Waals surface area contributed by atoms with E-state index in [0.717, 1.165) is 0 Å². The summed E-state index contributed by atoms with van der Waals surface area (Å²) < 4.78 is 129. The third-order valence-corrected chi connectivity index (χ3v) is 10.2. The van der Waals surface area contributed by atoms with Crippen molar-refractivity contribution in [1.29, 1.82) is 0 Å². The van der Waals surface area contributed by atoms with E-state index in [0.29, 0.717) is 28.2 Å². The maximum Gasteiger partial charge on any atom is 0.459 e. The van der Waals surface area contributed by atoms with Crippen molar-refractivity contribution < 1.29 is 43.9 Å². The number of rotatable bonds is 5. The molecule has 0 amide bonds. The summed E-state index contributed by atoms with van der Waals surface area (Å²) in [5.74, 6) is 0. The van der Waals surface area contributed by atoms with Crippen LogP contribution in [0.1, 0.15) is 0 Å². The predicted molar refractivity (Wildman–Crippen MR) is 63.2 cm³/mol. The Labute approximate surface area is 121 Å². The Kier molecular flexibility index (Phi) is 6.55. The summed E-state index contributed by atoms with van der Waals surface area (Å²) in [4.78, 5) is 0. The van der Waals surface area contributed by atoms with Gasteiger partial charge in [0.15, 0.2) is 0 Å². The summed E-state index contributed by atoms with van der Waals surface area (Å²) in [6, 6.07) is 0. The predicted octanol–water partition coefficient (Wildman–Crippen LogP) is 5.13. The van der Waals surface area contributed by atoms with Gasteiger partial charge in [-0.15, -0.1) is 0 Å². The first-order valence-electron chi connectivity index (χ1n) is 5.23. The zero-order valence-corrected chi connectivity index (χ0v) is 13.4. The summed E-state index contributed by atoms with van der Waals surface area (Å²) >= 11 is 0. The fourth-order valence-electron chi connectivity index (χ4n) is 1.31. The van der Waals surface area contributed by atoms with Gasteiger partial charge in [0.05, 0.1) is 15.5 Å². The average Bonchev–Trinajstić information content (AvgIpc) is 2.20. The number of alkyl halides is 10. The normalized spacial score (nSPS) is 18.0. The van der Waals surface area contributed by atoms with Crippen LogP contribution < -0.4 is 0 Å². The molecule has 2 nitrogen and oxygen atoms in total. The second-order valence-corrected chi connectivity index (χ2v) is 10.5. The van der Waals surface area contributed by atoms with Crippen molar-refractivity contribution >= 4 is 15.5 Å². The topological polar surface area (TPSA) is 6.48 Å². The third-order valence-electron chi connectivity index (χ3n) is 2.12. The molecule has 0 aromatic heterocycles. The fourth-order valence-corrected chi connectivity index (χ4v) is 8.06. The summed E-state index contributed by atoms with van der Waals surface area (Å²) in [7, 11) is -5.99. The first kappa shape index (κ1) is 22.1. The van der Waals surface area contributed by atoms with Crippen LogP contribution in [0.3, 0.4) is 0 Å². The Hall–Kier alpha value is 0.0800. The molecule has 2 atom stereocenters. The van der Waals surface area contributed by atoms with E-state index in [4.69, 9.17) is 0 Å². The molecule has 0 rings (SSSR count). The summed E-state index contributed by atoms with van der Waals surface area (Å²) in [5, 5.41) is 0. The molecule has 0 saturated carbocycles. The van der Waals surface area contributed by atoms with E-state index in [1.165, 1.54) is 0 Å². The molecule has 0 radical (unpaired) electrons. The highest BCUT2D eigenvalue weighted by atomic mass is 32.1. The molecule has 0 fully saturated rings. The monoisotopic (exact) mass is 388 g/mol. The standard InChI is InChI=1S/C8H12F10N2P2/c1-19(2)21(7(15,16)5(9,10)11)22(20(3)4)8(17,18)6(12,13)14/h1-4H3. The van der Waals surface area contributed by atoms with Gasteiger partial charge in [-0.1, -0.05) is 0 Å². The van der Waals surface area contributed by atoms with Gasteiger partial charge in [-0.25, -0.2) is 0 Å². The van der Waals surface area contributed by atoms with Crippen LogP contribution >= 0.6 is 15.5 Å². The molecule has 134 valence electrons. The fraction of sp³-hybridized carbons (Fsp3) is 1.00. The molecule has 0 aromatic carbocycles. The van der Waals surface area contributed by atoms with Crippen LogP contribution in [-0.2, 0) is 0 Å². The van der Waals surface area contributed by atoms with Crippen LogP contribution in [0, 0.1) is 0 Å². The molecule has 0 heterocycles. The van der Waals surface area contributed by atoms with Crippen molar-refractivity contribution in [3.05, 3.63) is 0 Å². The van der Waals surface area contributed by atoms with Gasteiger partial charge in [0.2, 0.25) is 0 Å². The van der Waals surface area contributed by atoms with Crippen LogP contribution in [0.4, 0.5) is 43.9 Å². The van der Waals surface area contributed by atoms with Gasteiger partial charge < -0.3 is 0 Å². The first-order valence-corrected chi connectivity index (χ1v) is 8.52. The van der Waals surface area contributed by atoms with Crippen molar-refractivity contribution in [2.45, 2.75) is 23.7 Å². The molecule has 22 heavy (non-hydrogen) atoms. The number of halogens is 10. The summed E-state index contributed by atoms with van der Waals surface area (Å²) in [6.07, 6.45) is -12.5. The maximum absolute atomic E-state index is 13.5. The highest BCUT2D eigenvalue weighted by Gasteiger charge is 2.73. The molecule has 0 spiro atoms. The van der Waals surface area contributed by atoms with Crippen molar-refractivity contribution in [3.63, 3.8) is 0 Å². The Morgan fingerprint density at radius 3 is 0.773 bits per heavy atom.